The van der Waals surface area contributed by atoms with Crippen molar-refractivity contribution in [2.45, 2.75) is 77.0 Å². The third kappa shape index (κ3) is 10.6. The minimum absolute atomic E-state index is 0.778. The fraction of sp³-hybridized carbons (Fsp3) is 1.00. The van der Waals surface area contributed by atoms with Gasteiger partial charge in [0.15, 0.2) is 0 Å². The molecule has 0 unspecified atom stereocenters. The standard InChI is InChI=1S/2C6H12.ClH3Si/c2*1-2-4-6-5-3-1;1-2/h2*1-6H2;2H3. The lowest BCUT2D eigenvalue weighted by Crippen LogP contribution is -1.85. The van der Waals surface area contributed by atoms with E-state index in [0.717, 1.165) is 9.55 Å². The van der Waals surface area contributed by atoms with Crippen molar-refractivity contribution in [3.63, 3.8) is 0 Å². The van der Waals surface area contributed by atoms with Crippen LogP contribution in [-0.4, -0.2) is 9.55 Å². The Labute approximate surface area is 97.9 Å². The molecule has 14 heavy (non-hydrogen) atoms. The summed E-state index contributed by atoms with van der Waals surface area (Å²) in [7, 11) is 0.778. The van der Waals surface area contributed by atoms with Gasteiger partial charge in [0.1, 0.15) is 9.55 Å². The molecule has 0 heterocycles. The first kappa shape index (κ1) is 14.5. The van der Waals surface area contributed by atoms with E-state index in [9.17, 15) is 0 Å². The molecular formula is C12H27ClSi. The molecule has 0 spiro atoms. The maximum atomic E-state index is 4.78. The zero-order chi connectivity index (χ0) is 10.5. The van der Waals surface area contributed by atoms with Crippen LogP contribution in [0.4, 0.5) is 0 Å². The minimum atomic E-state index is 0.778. The summed E-state index contributed by atoms with van der Waals surface area (Å²) in [6.07, 6.45) is 18.0. The summed E-state index contributed by atoms with van der Waals surface area (Å²) in [5.74, 6) is 0. The largest absolute Gasteiger partial charge is 0.181 e. The Morgan fingerprint density at radius 2 is 0.429 bits per heavy atom. The van der Waals surface area contributed by atoms with Gasteiger partial charge >= 0.3 is 0 Å². The molecule has 2 aliphatic carbocycles. The molecule has 0 amide bonds. The molecule has 0 aromatic heterocycles. The maximum Gasteiger partial charge on any atom is 0.109 e. The van der Waals surface area contributed by atoms with E-state index in [4.69, 9.17) is 11.1 Å². The first-order chi connectivity index (χ1) is 7.00. The number of hydrogen-bond acceptors (Lipinski definition) is 0. The highest BCUT2D eigenvalue weighted by Gasteiger charge is 1.96. The molecule has 0 saturated heterocycles. The van der Waals surface area contributed by atoms with Gasteiger partial charge in [0.25, 0.3) is 0 Å². The van der Waals surface area contributed by atoms with Crippen molar-refractivity contribution in [1.29, 1.82) is 0 Å². The first-order valence-corrected chi connectivity index (χ1v) is 9.40. The minimum Gasteiger partial charge on any atom is -0.181 e. The number of halogens is 1. The van der Waals surface area contributed by atoms with Gasteiger partial charge in [-0.15, -0.1) is 0 Å². The predicted octanol–water partition coefficient (Wildman–Crippen LogP) is 4.19. The Hall–Kier alpha value is 0.507. The molecule has 86 valence electrons. The Morgan fingerprint density at radius 3 is 0.500 bits per heavy atom. The third-order valence-corrected chi connectivity index (χ3v) is 3.00. The van der Waals surface area contributed by atoms with E-state index in [1.165, 1.54) is 77.0 Å². The average Bonchev–Trinajstić information content (AvgIpc) is 2.37. The summed E-state index contributed by atoms with van der Waals surface area (Å²) in [6.45, 7) is 0. The zero-order valence-electron chi connectivity index (χ0n) is 9.86. The van der Waals surface area contributed by atoms with Crippen molar-refractivity contribution in [2.24, 2.45) is 0 Å². The smallest absolute Gasteiger partial charge is 0.109 e. The van der Waals surface area contributed by atoms with Crippen LogP contribution in [-0.2, 0) is 0 Å². The summed E-state index contributed by atoms with van der Waals surface area (Å²) in [6, 6.07) is 0. The predicted molar refractivity (Wildman–Crippen MR) is 71.2 cm³/mol. The molecule has 2 rings (SSSR count). The second-order valence-corrected chi connectivity index (χ2v) is 4.24. The summed E-state index contributed by atoms with van der Waals surface area (Å²) < 4.78 is 0. The fourth-order valence-corrected chi connectivity index (χ4v) is 2.12. The molecule has 2 aliphatic rings. The van der Waals surface area contributed by atoms with Gasteiger partial charge in [0.2, 0.25) is 0 Å². The van der Waals surface area contributed by atoms with E-state index >= 15 is 0 Å². The van der Waals surface area contributed by atoms with Crippen LogP contribution in [0.5, 0.6) is 0 Å². The lowest BCUT2D eigenvalue weighted by atomic mass is 10.0. The second-order valence-electron chi connectivity index (χ2n) is 4.24. The summed E-state index contributed by atoms with van der Waals surface area (Å²) >= 11 is 4.78. The monoisotopic (exact) mass is 234 g/mol. The molecular weight excluding hydrogens is 208 g/mol. The van der Waals surface area contributed by atoms with E-state index in [2.05, 4.69) is 0 Å². The van der Waals surface area contributed by atoms with Crippen molar-refractivity contribution in [2.75, 3.05) is 0 Å². The van der Waals surface area contributed by atoms with Crippen molar-refractivity contribution in [3.05, 3.63) is 0 Å². The molecule has 0 nitrogen and oxygen atoms in total. The molecule has 2 saturated carbocycles. The average molecular weight is 235 g/mol. The Kier molecular flexibility index (Phi) is 14.0. The topological polar surface area (TPSA) is 0 Å². The SMILES string of the molecule is C1CCCCC1.C1CCCCC1.[SiH3]Cl. The van der Waals surface area contributed by atoms with Crippen molar-refractivity contribution < 1.29 is 0 Å². The number of hydrogen-bond donors (Lipinski definition) is 0. The molecule has 0 N–H and O–H groups in total. The summed E-state index contributed by atoms with van der Waals surface area (Å²) in [5, 5.41) is 0. The molecule has 2 fully saturated rings. The molecule has 0 aromatic carbocycles. The van der Waals surface area contributed by atoms with Crippen molar-refractivity contribution >= 4 is 20.6 Å². The van der Waals surface area contributed by atoms with E-state index in [1.54, 1.807) is 0 Å². The van der Waals surface area contributed by atoms with E-state index in [1.807, 2.05) is 0 Å². The highest BCUT2D eigenvalue weighted by molar-refractivity contribution is 6.80. The van der Waals surface area contributed by atoms with Crippen molar-refractivity contribution in [3.8, 4) is 0 Å². The van der Waals surface area contributed by atoms with Crippen molar-refractivity contribution in [1.82, 2.24) is 0 Å². The molecule has 2 heteroatoms. The normalized spacial score (nSPS) is 21.2. The van der Waals surface area contributed by atoms with Crippen LogP contribution in [0.25, 0.3) is 0 Å². The first-order valence-electron chi connectivity index (χ1n) is 6.38. The van der Waals surface area contributed by atoms with Gasteiger partial charge in [-0.1, -0.05) is 77.0 Å². The molecule has 0 aliphatic heterocycles. The summed E-state index contributed by atoms with van der Waals surface area (Å²) in [4.78, 5) is 0. The molecule has 0 aromatic rings. The molecule has 0 atom stereocenters. The molecule has 0 bridgehead atoms. The van der Waals surface area contributed by atoms with Crippen LogP contribution in [0, 0.1) is 0 Å². The lowest BCUT2D eigenvalue weighted by Gasteiger charge is -2.05. The maximum absolute atomic E-state index is 4.78. The zero-order valence-corrected chi connectivity index (χ0v) is 12.6. The van der Waals surface area contributed by atoms with Gasteiger partial charge in [-0.05, 0) is 0 Å². The van der Waals surface area contributed by atoms with Gasteiger partial charge in [0.05, 0.1) is 0 Å². The highest BCUT2D eigenvalue weighted by atomic mass is 35.6. The van der Waals surface area contributed by atoms with Crippen LogP contribution in [0.3, 0.4) is 0 Å². The highest BCUT2D eigenvalue weighted by Crippen LogP contribution is 2.15. The van der Waals surface area contributed by atoms with Crippen LogP contribution < -0.4 is 0 Å². The second kappa shape index (κ2) is 13.5. The van der Waals surface area contributed by atoms with Gasteiger partial charge < -0.3 is 0 Å². The van der Waals surface area contributed by atoms with Crippen LogP contribution in [0.2, 0.25) is 0 Å². The third-order valence-electron chi connectivity index (χ3n) is 3.00. The van der Waals surface area contributed by atoms with Crippen LogP contribution >= 0.6 is 11.1 Å². The van der Waals surface area contributed by atoms with Gasteiger partial charge in [-0.3, -0.25) is 0 Å². The quantitative estimate of drug-likeness (QED) is 0.436. The van der Waals surface area contributed by atoms with E-state index in [0.29, 0.717) is 0 Å². The van der Waals surface area contributed by atoms with E-state index in [-0.39, 0.29) is 0 Å². The lowest BCUT2D eigenvalue weighted by molar-refractivity contribution is 0.504. The number of rotatable bonds is 0. The Morgan fingerprint density at radius 1 is 0.357 bits per heavy atom. The Balaban J connectivity index is 0.000000206. The van der Waals surface area contributed by atoms with E-state index < -0.39 is 0 Å². The Bertz CT molecular complexity index is 53.3. The summed E-state index contributed by atoms with van der Waals surface area (Å²) in [5.41, 5.74) is 0. The van der Waals surface area contributed by atoms with Gasteiger partial charge in [0, 0.05) is 0 Å². The van der Waals surface area contributed by atoms with Gasteiger partial charge in [-0.25, -0.2) is 0 Å². The van der Waals surface area contributed by atoms with Crippen LogP contribution in [0.1, 0.15) is 77.0 Å². The van der Waals surface area contributed by atoms with Gasteiger partial charge in [-0.2, -0.15) is 11.1 Å². The fourth-order valence-electron chi connectivity index (χ4n) is 2.12. The van der Waals surface area contributed by atoms with Crippen LogP contribution in [0.15, 0.2) is 0 Å². The molecule has 0 radical (unpaired) electrons.